The first kappa shape index (κ1) is 14.7. The Morgan fingerprint density at radius 1 is 1.27 bits per heavy atom. The molecule has 4 nitrogen and oxygen atoms in total. The molecule has 1 aromatic carbocycles. The van der Waals surface area contributed by atoms with Gasteiger partial charge in [-0.25, -0.2) is 0 Å². The number of carbonyl (C=O) groups excluding carboxylic acids is 1. The molecule has 1 aromatic heterocycles. The molecule has 1 amide bonds. The largest absolute Gasteiger partial charge is 0.332 e. The molecule has 0 aliphatic carbocycles. The third kappa shape index (κ3) is 3.02. The summed E-state index contributed by atoms with van der Waals surface area (Å²) in [5, 5.41) is 3.31. The van der Waals surface area contributed by atoms with E-state index in [1.54, 1.807) is 6.20 Å². The van der Waals surface area contributed by atoms with Crippen LogP contribution in [0.3, 0.4) is 0 Å². The van der Waals surface area contributed by atoms with Crippen LogP contribution in [0.5, 0.6) is 0 Å². The molecule has 0 bridgehead atoms. The van der Waals surface area contributed by atoms with Crippen LogP contribution in [0, 0.1) is 0 Å². The standard InChI is InChI=1S/C18H21N3O/c1-13(2)21(12-14-4-3-7-19-9-14)18(22)15-5-6-16-10-20-11-17(16)8-15/h3-9,13,20H,10-12H2,1-2H3. The van der Waals surface area contributed by atoms with Crippen LogP contribution in [0.15, 0.2) is 42.7 Å². The fourth-order valence-electron chi connectivity index (χ4n) is 2.77. The Bertz CT molecular complexity index is 667. The number of carbonyl (C=O) groups is 1. The first-order valence-electron chi connectivity index (χ1n) is 7.67. The molecular weight excluding hydrogens is 274 g/mol. The Kier molecular flexibility index (Phi) is 4.20. The van der Waals surface area contributed by atoms with E-state index in [-0.39, 0.29) is 11.9 Å². The van der Waals surface area contributed by atoms with E-state index >= 15 is 0 Å². The van der Waals surface area contributed by atoms with Gasteiger partial charge in [-0.3, -0.25) is 9.78 Å². The summed E-state index contributed by atoms with van der Waals surface area (Å²) in [6.45, 7) is 6.42. The van der Waals surface area contributed by atoms with Crippen molar-refractivity contribution in [3.05, 3.63) is 65.0 Å². The fourth-order valence-corrected chi connectivity index (χ4v) is 2.77. The number of benzene rings is 1. The van der Waals surface area contributed by atoms with Gasteiger partial charge in [0.2, 0.25) is 0 Å². The minimum absolute atomic E-state index is 0.0774. The molecule has 114 valence electrons. The van der Waals surface area contributed by atoms with E-state index < -0.39 is 0 Å². The van der Waals surface area contributed by atoms with E-state index in [2.05, 4.69) is 16.4 Å². The normalized spacial score (nSPS) is 13.2. The lowest BCUT2D eigenvalue weighted by atomic mass is 10.0. The second-order valence-electron chi connectivity index (χ2n) is 5.98. The van der Waals surface area contributed by atoms with Crippen molar-refractivity contribution in [1.82, 2.24) is 15.2 Å². The van der Waals surface area contributed by atoms with E-state index in [4.69, 9.17) is 0 Å². The average Bonchev–Trinajstić information content (AvgIpc) is 3.00. The van der Waals surface area contributed by atoms with Crippen LogP contribution >= 0.6 is 0 Å². The van der Waals surface area contributed by atoms with Crippen LogP contribution in [0.2, 0.25) is 0 Å². The zero-order chi connectivity index (χ0) is 15.5. The number of nitrogens with one attached hydrogen (secondary N) is 1. The molecule has 2 heterocycles. The highest BCUT2D eigenvalue weighted by molar-refractivity contribution is 5.94. The Morgan fingerprint density at radius 2 is 2.09 bits per heavy atom. The number of pyridine rings is 1. The number of fused-ring (bicyclic) bond motifs is 1. The van der Waals surface area contributed by atoms with Crippen LogP contribution in [-0.2, 0) is 19.6 Å². The molecule has 0 saturated heterocycles. The minimum atomic E-state index is 0.0774. The highest BCUT2D eigenvalue weighted by atomic mass is 16.2. The average molecular weight is 295 g/mol. The minimum Gasteiger partial charge on any atom is -0.332 e. The maximum atomic E-state index is 12.9. The van der Waals surface area contributed by atoms with Gasteiger partial charge >= 0.3 is 0 Å². The number of nitrogens with zero attached hydrogens (tertiary/aromatic N) is 2. The van der Waals surface area contributed by atoms with E-state index in [1.165, 1.54) is 11.1 Å². The zero-order valence-corrected chi connectivity index (χ0v) is 13.0. The zero-order valence-electron chi connectivity index (χ0n) is 13.0. The number of hydrogen-bond donors (Lipinski definition) is 1. The van der Waals surface area contributed by atoms with Crippen LogP contribution in [0.1, 0.15) is 40.9 Å². The molecule has 1 N–H and O–H groups in total. The summed E-state index contributed by atoms with van der Waals surface area (Å²) in [7, 11) is 0. The molecule has 2 aromatic rings. The van der Waals surface area contributed by atoms with Crippen molar-refractivity contribution >= 4 is 5.91 Å². The Hall–Kier alpha value is -2.20. The van der Waals surface area contributed by atoms with Gasteiger partial charge in [0.25, 0.3) is 5.91 Å². The lowest BCUT2D eigenvalue weighted by molar-refractivity contribution is 0.0690. The van der Waals surface area contributed by atoms with Crippen molar-refractivity contribution < 1.29 is 4.79 Å². The van der Waals surface area contributed by atoms with Gasteiger partial charge in [-0.05, 0) is 48.7 Å². The van der Waals surface area contributed by atoms with Gasteiger partial charge in [0, 0.05) is 43.6 Å². The molecule has 0 spiro atoms. The van der Waals surface area contributed by atoms with Gasteiger partial charge in [0.1, 0.15) is 0 Å². The molecule has 0 unspecified atom stereocenters. The number of rotatable bonds is 4. The molecule has 0 saturated carbocycles. The lowest BCUT2D eigenvalue weighted by Crippen LogP contribution is -2.36. The van der Waals surface area contributed by atoms with Crippen LogP contribution in [-0.4, -0.2) is 21.8 Å². The number of hydrogen-bond acceptors (Lipinski definition) is 3. The summed E-state index contributed by atoms with van der Waals surface area (Å²) < 4.78 is 0. The van der Waals surface area contributed by atoms with Crippen molar-refractivity contribution in [3.63, 3.8) is 0 Å². The quantitative estimate of drug-likeness (QED) is 0.943. The van der Waals surface area contributed by atoms with Gasteiger partial charge in [-0.15, -0.1) is 0 Å². The number of aromatic nitrogens is 1. The lowest BCUT2D eigenvalue weighted by Gasteiger charge is -2.27. The summed E-state index contributed by atoms with van der Waals surface area (Å²) in [4.78, 5) is 18.9. The SMILES string of the molecule is CC(C)N(Cc1cccnc1)C(=O)c1ccc2c(c1)CNC2. The molecule has 0 radical (unpaired) electrons. The van der Waals surface area contributed by atoms with E-state index in [1.807, 2.05) is 49.2 Å². The van der Waals surface area contributed by atoms with E-state index in [0.29, 0.717) is 6.54 Å². The van der Waals surface area contributed by atoms with Crippen molar-refractivity contribution in [1.29, 1.82) is 0 Å². The Balaban J connectivity index is 1.83. The predicted molar refractivity (Wildman–Crippen MR) is 86.2 cm³/mol. The van der Waals surface area contributed by atoms with Crippen LogP contribution in [0.4, 0.5) is 0 Å². The third-order valence-electron chi connectivity index (χ3n) is 4.04. The fraction of sp³-hybridized carbons (Fsp3) is 0.333. The molecule has 0 fully saturated rings. The van der Waals surface area contributed by atoms with Crippen molar-refractivity contribution in [2.45, 2.75) is 39.5 Å². The third-order valence-corrected chi connectivity index (χ3v) is 4.04. The number of amides is 1. The van der Waals surface area contributed by atoms with Gasteiger partial charge in [-0.1, -0.05) is 12.1 Å². The van der Waals surface area contributed by atoms with Gasteiger partial charge in [-0.2, -0.15) is 0 Å². The van der Waals surface area contributed by atoms with Gasteiger partial charge in [0.15, 0.2) is 0 Å². The monoisotopic (exact) mass is 295 g/mol. The maximum Gasteiger partial charge on any atom is 0.254 e. The second kappa shape index (κ2) is 6.28. The first-order valence-corrected chi connectivity index (χ1v) is 7.67. The van der Waals surface area contributed by atoms with Gasteiger partial charge in [0.05, 0.1) is 0 Å². The van der Waals surface area contributed by atoms with Crippen LogP contribution in [0.25, 0.3) is 0 Å². The highest BCUT2D eigenvalue weighted by Crippen LogP contribution is 2.19. The Morgan fingerprint density at radius 3 is 2.82 bits per heavy atom. The molecule has 1 aliphatic rings. The predicted octanol–water partition coefficient (Wildman–Crippen LogP) is 2.74. The van der Waals surface area contributed by atoms with E-state index in [0.717, 1.165) is 24.2 Å². The van der Waals surface area contributed by atoms with Crippen LogP contribution < -0.4 is 5.32 Å². The summed E-state index contributed by atoms with van der Waals surface area (Å²) in [5.41, 5.74) is 4.34. The first-order chi connectivity index (χ1) is 10.6. The van der Waals surface area contributed by atoms with Crippen molar-refractivity contribution in [2.75, 3.05) is 0 Å². The molecule has 0 atom stereocenters. The van der Waals surface area contributed by atoms with Crippen molar-refractivity contribution in [2.24, 2.45) is 0 Å². The van der Waals surface area contributed by atoms with Gasteiger partial charge < -0.3 is 10.2 Å². The topological polar surface area (TPSA) is 45.2 Å². The molecule has 3 rings (SSSR count). The van der Waals surface area contributed by atoms with E-state index in [9.17, 15) is 4.79 Å². The maximum absolute atomic E-state index is 12.9. The summed E-state index contributed by atoms with van der Waals surface area (Å²) in [6.07, 6.45) is 3.56. The second-order valence-corrected chi connectivity index (χ2v) is 5.98. The molecule has 22 heavy (non-hydrogen) atoms. The van der Waals surface area contributed by atoms with Crippen molar-refractivity contribution in [3.8, 4) is 0 Å². The molecule has 1 aliphatic heterocycles. The Labute approximate surface area is 131 Å². The molecule has 4 heteroatoms. The summed E-state index contributed by atoms with van der Waals surface area (Å²) >= 11 is 0. The summed E-state index contributed by atoms with van der Waals surface area (Å²) in [6, 6.07) is 10.1. The molecular formula is C18H21N3O. The summed E-state index contributed by atoms with van der Waals surface area (Å²) in [5.74, 6) is 0.0774. The smallest absolute Gasteiger partial charge is 0.254 e. The highest BCUT2D eigenvalue weighted by Gasteiger charge is 2.21.